The van der Waals surface area contributed by atoms with Gasteiger partial charge in [-0.25, -0.2) is 4.98 Å². The predicted octanol–water partition coefficient (Wildman–Crippen LogP) is 3.86. The molecule has 0 saturated carbocycles. The van der Waals surface area contributed by atoms with Gasteiger partial charge in [-0.05, 0) is 18.6 Å². The largest absolute Gasteiger partial charge is 0.510 e. The van der Waals surface area contributed by atoms with Crippen LogP contribution in [0.15, 0.2) is 39.9 Å². The molecule has 2 N–H and O–H groups in total. The van der Waals surface area contributed by atoms with Crippen LogP contribution in [0.2, 0.25) is 0 Å². The molecule has 28 heavy (non-hydrogen) atoms. The number of aliphatic hydroxyl groups excluding tert-OH is 1. The maximum absolute atomic E-state index is 10.5. The highest BCUT2D eigenvalue weighted by atomic mass is 79.9. The van der Waals surface area contributed by atoms with Crippen molar-refractivity contribution < 1.29 is 9.84 Å². The van der Waals surface area contributed by atoms with E-state index < -0.39 is 0 Å². The Morgan fingerprint density at radius 2 is 1.93 bits per heavy atom. The van der Waals surface area contributed by atoms with E-state index >= 15 is 0 Å². The topological polar surface area (TPSA) is 72.7 Å². The summed E-state index contributed by atoms with van der Waals surface area (Å²) in [4.78, 5) is 9.00. The van der Waals surface area contributed by atoms with Crippen LogP contribution in [0.3, 0.4) is 0 Å². The molecule has 1 aromatic heterocycles. The molecule has 0 amide bonds. The third-order valence-electron chi connectivity index (χ3n) is 5.05. The van der Waals surface area contributed by atoms with E-state index in [1.165, 1.54) is 11.3 Å². The summed E-state index contributed by atoms with van der Waals surface area (Å²) < 4.78 is 6.40. The van der Waals surface area contributed by atoms with E-state index in [0.717, 1.165) is 61.5 Å². The molecule has 6 nitrogen and oxygen atoms in total. The van der Waals surface area contributed by atoms with Gasteiger partial charge >= 0.3 is 0 Å². The van der Waals surface area contributed by atoms with Gasteiger partial charge in [0.25, 0.3) is 0 Å². The lowest BCUT2D eigenvalue weighted by Crippen LogP contribution is -2.38. The van der Waals surface area contributed by atoms with Gasteiger partial charge in [0, 0.05) is 41.6 Å². The number of morpholine rings is 1. The molecule has 2 aliphatic heterocycles. The van der Waals surface area contributed by atoms with Gasteiger partial charge in [-0.1, -0.05) is 28.1 Å². The second-order valence-electron chi connectivity index (χ2n) is 6.94. The number of halogens is 1. The molecular formula is C20H23BrN4O2S. The summed E-state index contributed by atoms with van der Waals surface area (Å²) in [5.41, 5.74) is 2.46. The Hall–Kier alpha value is -1.74. The number of nitrogens with one attached hydrogen (secondary N) is 1. The number of amidine groups is 1. The number of benzene rings is 1. The zero-order chi connectivity index (χ0) is 19.5. The Balaban J connectivity index is 1.39. The fourth-order valence-electron chi connectivity index (χ4n) is 3.50. The SMILES string of the molecule is N=C1C(c2nc(-c3ccc(Br)cc3)cs2)=C(O)CN1CCCN1CCOCC1. The van der Waals surface area contributed by atoms with Crippen LogP contribution in [-0.2, 0) is 4.74 Å². The Kier molecular flexibility index (Phi) is 6.10. The van der Waals surface area contributed by atoms with Crippen molar-refractivity contribution in [1.29, 1.82) is 5.41 Å². The summed E-state index contributed by atoms with van der Waals surface area (Å²) in [5.74, 6) is 0.615. The number of thiazole rings is 1. The van der Waals surface area contributed by atoms with Gasteiger partial charge in [0.05, 0.1) is 31.0 Å². The van der Waals surface area contributed by atoms with Crippen molar-refractivity contribution in [3.63, 3.8) is 0 Å². The first kappa shape index (κ1) is 19.6. The number of aliphatic hydroxyl groups is 1. The van der Waals surface area contributed by atoms with Crippen LogP contribution in [0.4, 0.5) is 0 Å². The van der Waals surface area contributed by atoms with Crippen molar-refractivity contribution in [2.75, 3.05) is 45.9 Å². The van der Waals surface area contributed by atoms with Crippen LogP contribution in [0.5, 0.6) is 0 Å². The van der Waals surface area contributed by atoms with Gasteiger partial charge in [-0.2, -0.15) is 0 Å². The van der Waals surface area contributed by atoms with Gasteiger partial charge < -0.3 is 14.7 Å². The predicted molar refractivity (Wildman–Crippen MR) is 116 cm³/mol. The van der Waals surface area contributed by atoms with Crippen LogP contribution in [0, 0.1) is 5.41 Å². The Labute approximate surface area is 177 Å². The van der Waals surface area contributed by atoms with E-state index in [4.69, 9.17) is 10.1 Å². The van der Waals surface area contributed by atoms with Gasteiger partial charge in [0.2, 0.25) is 0 Å². The molecule has 0 unspecified atom stereocenters. The first-order chi connectivity index (χ1) is 13.6. The average Bonchev–Trinajstić information content (AvgIpc) is 3.28. The summed E-state index contributed by atoms with van der Waals surface area (Å²) in [6, 6.07) is 7.99. The molecule has 0 bridgehead atoms. The van der Waals surface area contributed by atoms with Crippen LogP contribution >= 0.6 is 27.3 Å². The highest BCUT2D eigenvalue weighted by molar-refractivity contribution is 9.10. The van der Waals surface area contributed by atoms with E-state index in [-0.39, 0.29) is 5.76 Å². The minimum absolute atomic E-state index is 0.244. The minimum Gasteiger partial charge on any atom is -0.510 e. The molecule has 2 aromatic rings. The number of ether oxygens (including phenoxy) is 1. The Morgan fingerprint density at radius 3 is 2.68 bits per heavy atom. The molecule has 0 radical (unpaired) electrons. The molecule has 8 heteroatoms. The first-order valence-corrected chi connectivity index (χ1v) is 11.1. The van der Waals surface area contributed by atoms with Crippen molar-refractivity contribution >= 4 is 38.7 Å². The van der Waals surface area contributed by atoms with Crippen molar-refractivity contribution in [1.82, 2.24) is 14.8 Å². The Bertz CT molecular complexity index is 875. The normalized spacial score (nSPS) is 18.3. The zero-order valence-corrected chi connectivity index (χ0v) is 17.9. The average molecular weight is 463 g/mol. The zero-order valence-electron chi connectivity index (χ0n) is 15.5. The lowest BCUT2D eigenvalue weighted by molar-refractivity contribution is 0.0368. The van der Waals surface area contributed by atoms with Gasteiger partial charge in [-0.3, -0.25) is 10.3 Å². The van der Waals surface area contributed by atoms with E-state index in [9.17, 15) is 5.11 Å². The highest BCUT2D eigenvalue weighted by Gasteiger charge is 2.30. The maximum atomic E-state index is 10.5. The second kappa shape index (κ2) is 8.73. The van der Waals surface area contributed by atoms with Crippen LogP contribution in [0.1, 0.15) is 11.4 Å². The molecule has 1 saturated heterocycles. The van der Waals surface area contributed by atoms with Gasteiger partial charge in [0.15, 0.2) is 0 Å². The summed E-state index contributed by atoms with van der Waals surface area (Å²) in [7, 11) is 0. The van der Waals surface area contributed by atoms with Crippen LogP contribution in [0.25, 0.3) is 16.8 Å². The lowest BCUT2D eigenvalue weighted by Gasteiger charge is -2.27. The molecule has 0 spiro atoms. The lowest BCUT2D eigenvalue weighted by atomic mass is 10.2. The Morgan fingerprint density at radius 1 is 1.18 bits per heavy atom. The van der Waals surface area contributed by atoms with Crippen molar-refractivity contribution in [3.8, 4) is 11.3 Å². The third-order valence-corrected chi connectivity index (χ3v) is 6.43. The quantitative estimate of drug-likeness (QED) is 0.681. The van der Waals surface area contributed by atoms with E-state index in [2.05, 4.69) is 25.8 Å². The summed E-state index contributed by atoms with van der Waals surface area (Å²) >= 11 is 4.92. The van der Waals surface area contributed by atoms with E-state index in [0.29, 0.717) is 23.0 Å². The minimum atomic E-state index is 0.244. The number of rotatable bonds is 6. The van der Waals surface area contributed by atoms with Crippen molar-refractivity contribution in [2.45, 2.75) is 6.42 Å². The third kappa shape index (κ3) is 4.30. The summed E-state index contributed by atoms with van der Waals surface area (Å²) in [6.45, 7) is 5.70. The first-order valence-electron chi connectivity index (χ1n) is 9.40. The molecule has 2 aliphatic rings. The second-order valence-corrected chi connectivity index (χ2v) is 8.72. The molecule has 1 fully saturated rings. The standard InChI is InChI=1S/C20H23BrN4O2S/c21-15-4-2-14(3-5-15)16-13-28-20(23-16)18-17(26)12-25(19(18)22)7-1-6-24-8-10-27-11-9-24/h2-5,13,22,26H,1,6-12H2. The van der Waals surface area contributed by atoms with E-state index in [1.54, 1.807) is 0 Å². The van der Waals surface area contributed by atoms with Gasteiger partial charge in [-0.15, -0.1) is 11.3 Å². The molecule has 4 rings (SSSR count). The van der Waals surface area contributed by atoms with Crippen molar-refractivity contribution in [2.24, 2.45) is 0 Å². The maximum Gasteiger partial charge on any atom is 0.135 e. The van der Waals surface area contributed by atoms with Crippen LogP contribution < -0.4 is 0 Å². The molecule has 1 aromatic carbocycles. The fourth-order valence-corrected chi connectivity index (χ4v) is 4.66. The van der Waals surface area contributed by atoms with Crippen molar-refractivity contribution in [3.05, 3.63) is 44.9 Å². The summed E-state index contributed by atoms with van der Waals surface area (Å²) in [5, 5.41) is 21.7. The molecule has 148 valence electrons. The fraction of sp³-hybridized carbons (Fsp3) is 0.400. The monoisotopic (exact) mass is 462 g/mol. The van der Waals surface area contributed by atoms with E-state index in [1.807, 2.05) is 34.5 Å². The highest BCUT2D eigenvalue weighted by Crippen LogP contribution is 2.32. The molecule has 0 atom stereocenters. The smallest absolute Gasteiger partial charge is 0.135 e. The van der Waals surface area contributed by atoms with Crippen LogP contribution in [-0.4, -0.2) is 71.7 Å². The number of nitrogens with zero attached hydrogens (tertiary/aromatic N) is 3. The molecule has 3 heterocycles. The number of aromatic nitrogens is 1. The number of hydrogen-bond acceptors (Lipinski definition) is 6. The van der Waals surface area contributed by atoms with Gasteiger partial charge in [0.1, 0.15) is 16.6 Å². The summed E-state index contributed by atoms with van der Waals surface area (Å²) in [6.07, 6.45) is 0.963. The molecule has 0 aliphatic carbocycles. The molecular weight excluding hydrogens is 440 g/mol. The number of hydrogen-bond donors (Lipinski definition) is 2.